The molecule has 0 saturated heterocycles. The Kier molecular flexibility index (Phi) is 6.17. The van der Waals surface area contributed by atoms with Crippen molar-refractivity contribution in [3.05, 3.63) is 59.9 Å². The maximum absolute atomic E-state index is 13.6. The number of para-hydroxylation sites is 1. The lowest BCUT2D eigenvalue weighted by Gasteiger charge is -2.19. The van der Waals surface area contributed by atoms with Crippen LogP contribution in [0.2, 0.25) is 0 Å². The molecule has 144 valence electrons. The van der Waals surface area contributed by atoms with Crippen molar-refractivity contribution in [3.8, 4) is 0 Å². The smallest absolute Gasteiger partial charge is 0.261 e. The molecule has 9 heteroatoms. The van der Waals surface area contributed by atoms with Crippen LogP contribution in [-0.4, -0.2) is 57.7 Å². The van der Waals surface area contributed by atoms with E-state index in [0.717, 1.165) is 6.07 Å². The lowest BCUT2D eigenvalue weighted by molar-refractivity contribution is -0.129. The van der Waals surface area contributed by atoms with Gasteiger partial charge in [0.15, 0.2) is 0 Å². The summed E-state index contributed by atoms with van der Waals surface area (Å²) in [6.45, 7) is -0.0965. The number of amides is 2. The van der Waals surface area contributed by atoms with Gasteiger partial charge in [0.25, 0.3) is 15.9 Å². The van der Waals surface area contributed by atoms with Crippen LogP contribution in [0.4, 0.5) is 10.1 Å². The first kappa shape index (κ1) is 20.4. The standard InChI is InChI=1S/C18H20FN3O4S/c1-21(2)17(23)12-22(3)18(24)13-8-10-14(11-9-13)27(25,26)20-16-7-5-4-6-15(16)19/h4-11,20H,12H2,1-3H3. The van der Waals surface area contributed by atoms with Crippen LogP contribution in [0.25, 0.3) is 0 Å². The minimum absolute atomic E-state index is 0.0965. The van der Waals surface area contributed by atoms with Crippen molar-refractivity contribution in [3.63, 3.8) is 0 Å². The van der Waals surface area contributed by atoms with E-state index in [1.54, 1.807) is 14.1 Å². The molecule has 0 atom stereocenters. The van der Waals surface area contributed by atoms with E-state index in [1.165, 1.54) is 59.3 Å². The summed E-state index contributed by atoms with van der Waals surface area (Å²) in [6.07, 6.45) is 0. The van der Waals surface area contributed by atoms with Gasteiger partial charge in [-0.2, -0.15) is 0 Å². The fourth-order valence-corrected chi connectivity index (χ4v) is 3.23. The van der Waals surface area contributed by atoms with Crippen molar-refractivity contribution in [1.29, 1.82) is 0 Å². The predicted octanol–water partition coefficient (Wildman–Crippen LogP) is 1.79. The number of hydrogen-bond acceptors (Lipinski definition) is 4. The largest absolute Gasteiger partial charge is 0.347 e. The quantitative estimate of drug-likeness (QED) is 0.811. The van der Waals surface area contributed by atoms with Crippen LogP contribution in [0.3, 0.4) is 0 Å². The molecule has 2 aromatic rings. The van der Waals surface area contributed by atoms with Gasteiger partial charge in [0.2, 0.25) is 5.91 Å². The number of nitrogens with one attached hydrogen (secondary N) is 1. The molecular formula is C18H20FN3O4S. The number of sulfonamides is 1. The van der Waals surface area contributed by atoms with Gasteiger partial charge in [-0.25, -0.2) is 12.8 Å². The minimum atomic E-state index is -4.00. The average molecular weight is 393 g/mol. The highest BCUT2D eigenvalue weighted by Gasteiger charge is 2.19. The lowest BCUT2D eigenvalue weighted by atomic mass is 10.2. The molecular weight excluding hydrogens is 373 g/mol. The number of hydrogen-bond donors (Lipinski definition) is 1. The Morgan fingerprint density at radius 1 is 1.00 bits per heavy atom. The van der Waals surface area contributed by atoms with Crippen molar-refractivity contribution < 1.29 is 22.4 Å². The lowest BCUT2D eigenvalue weighted by Crippen LogP contribution is -2.37. The van der Waals surface area contributed by atoms with Crippen LogP contribution in [-0.2, 0) is 14.8 Å². The average Bonchev–Trinajstić information content (AvgIpc) is 2.62. The molecule has 0 radical (unpaired) electrons. The topological polar surface area (TPSA) is 86.8 Å². The number of anilines is 1. The van der Waals surface area contributed by atoms with E-state index >= 15 is 0 Å². The molecule has 2 rings (SSSR count). The van der Waals surface area contributed by atoms with Gasteiger partial charge in [-0.15, -0.1) is 0 Å². The number of benzene rings is 2. The van der Waals surface area contributed by atoms with E-state index in [0.29, 0.717) is 0 Å². The molecule has 0 spiro atoms. The van der Waals surface area contributed by atoms with E-state index in [1.807, 2.05) is 0 Å². The Labute approximate surface area is 157 Å². The van der Waals surface area contributed by atoms with E-state index in [9.17, 15) is 22.4 Å². The van der Waals surface area contributed by atoms with Crippen molar-refractivity contribution in [1.82, 2.24) is 9.80 Å². The Morgan fingerprint density at radius 3 is 2.15 bits per heavy atom. The third-order valence-electron chi connectivity index (χ3n) is 3.75. The number of likely N-dealkylation sites (N-methyl/N-ethyl adjacent to an activating group) is 2. The van der Waals surface area contributed by atoms with Gasteiger partial charge in [-0.1, -0.05) is 12.1 Å². The van der Waals surface area contributed by atoms with Crippen molar-refractivity contribution in [2.24, 2.45) is 0 Å². The Morgan fingerprint density at radius 2 is 1.59 bits per heavy atom. The molecule has 0 saturated carbocycles. The second-order valence-electron chi connectivity index (χ2n) is 6.06. The van der Waals surface area contributed by atoms with Crippen LogP contribution >= 0.6 is 0 Å². The van der Waals surface area contributed by atoms with Gasteiger partial charge in [0.05, 0.1) is 17.1 Å². The van der Waals surface area contributed by atoms with Crippen LogP contribution in [0.1, 0.15) is 10.4 Å². The van der Waals surface area contributed by atoms with Gasteiger partial charge in [-0.05, 0) is 36.4 Å². The second kappa shape index (κ2) is 8.17. The number of nitrogens with zero attached hydrogens (tertiary/aromatic N) is 2. The summed E-state index contributed by atoms with van der Waals surface area (Å²) in [7, 11) is 0.648. The zero-order valence-corrected chi connectivity index (χ0v) is 16.0. The number of rotatable bonds is 6. The SMILES string of the molecule is CN(C)C(=O)CN(C)C(=O)c1ccc(S(=O)(=O)Nc2ccccc2F)cc1. The number of carbonyl (C=O) groups excluding carboxylic acids is 2. The fourth-order valence-electron chi connectivity index (χ4n) is 2.16. The molecule has 0 unspecified atom stereocenters. The monoisotopic (exact) mass is 393 g/mol. The van der Waals surface area contributed by atoms with Crippen molar-refractivity contribution >= 4 is 27.5 Å². The van der Waals surface area contributed by atoms with E-state index in [2.05, 4.69) is 4.72 Å². The van der Waals surface area contributed by atoms with Crippen molar-refractivity contribution in [2.45, 2.75) is 4.90 Å². The molecule has 0 aliphatic rings. The third kappa shape index (κ3) is 5.04. The maximum atomic E-state index is 13.6. The highest BCUT2D eigenvalue weighted by atomic mass is 32.2. The van der Waals surface area contributed by atoms with Gasteiger partial charge in [0.1, 0.15) is 5.82 Å². The molecule has 2 aromatic carbocycles. The van der Waals surface area contributed by atoms with E-state index in [-0.39, 0.29) is 28.6 Å². The first-order chi connectivity index (χ1) is 12.6. The van der Waals surface area contributed by atoms with Crippen LogP contribution in [0, 0.1) is 5.82 Å². The summed E-state index contributed by atoms with van der Waals surface area (Å²) >= 11 is 0. The summed E-state index contributed by atoms with van der Waals surface area (Å²) < 4.78 is 40.5. The van der Waals surface area contributed by atoms with E-state index in [4.69, 9.17) is 0 Å². The number of carbonyl (C=O) groups is 2. The molecule has 0 aliphatic heterocycles. The Bertz CT molecular complexity index is 943. The molecule has 0 aromatic heterocycles. The summed E-state index contributed by atoms with van der Waals surface area (Å²) in [5.74, 6) is -1.35. The van der Waals surface area contributed by atoms with E-state index < -0.39 is 21.7 Å². The molecule has 0 heterocycles. The highest BCUT2D eigenvalue weighted by molar-refractivity contribution is 7.92. The molecule has 0 bridgehead atoms. The second-order valence-corrected chi connectivity index (χ2v) is 7.74. The first-order valence-corrected chi connectivity index (χ1v) is 9.43. The zero-order chi connectivity index (χ0) is 20.2. The van der Waals surface area contributed by atoms with Crippen LogP contribution in [0.5, 0.6) is 0 Å². The van der Waals surface area contributed by atoms with Crippen molar-refractivity contribution in [2.75, 3.05) is 32.4 Å². The molecule has 1 N–H and O–H groups in total. The zero-order valence-electron chi connectivity index (χ0n) is 15.1. The highest BCUT2D eigenvalue weighted by Crippen LogP contribution is 2.19. The van der Waals surface area contributed by atoms with Gasteiger partial charge < -0.3 is 9.80 Å². The molecule has 27 heavy (non-hydrogen) atoms. The normalized spacial score (nSPS) is 11.0. The van der Waals surface area contributed by atoms with Gasteiger partial charge >= 0.3 is 0 Å². The molecule has 0 aliphatic carbocycles. The summed E-state index contributed by atoms with van der Waals surface area (Å²) in [6, 6.07) is 10.6. The molecule has 0 fully saturated rings. The predicted molar refractivity (Wildman–Crippen MR) is 99.3 cm³/mol. The summed E-state index contributed by atoms with van der Waals surface area (Å²) in [5.41, 5.74) is 0.0634. The Balaban J connectivity index is 2.15. The van der Waals surface area contributed by atoms with Crippen LogP contribution < -0.4 is 4.72 Å². The summed E-state index contributed by atoms with van der Waals surface area (Å²) in [4.78, 5) is 26.5. The van der Waals surface area contributed by atoms with Gasteiger partial charge in [-0.3, -0.25) is 14.3 Å². The third-order valence-corrected chi connectivity index (χ3v) is 5.13. The molecule has 7 nitrogen and oxygen atoms in total. The number of halogens is 1. The Hall–Kier alpha value is -2.94. The summed E-state index contributed by atoms with van der Waals surface area (Å²) in [5, 5.41) is 0. The fraction of sp³-hybridized carbons (Fsp3) is 0.222. The molecule has 2 amide bonds. The minimum Gasteiger partial charge on any atom is -0.347 e. The van der Waals surface area contributed by atoms with Gasteiger partial charge in [0, 0.05) is 26.7 Å². The first-order valence-electron chi connectivity index (χ1n) is 7.95. The van der Waals surface area contributed by atoms with Crippen LogP contribution in [0.15, 0.2) is 53.4 Å². The maximum Gasteiger partial charge on any atom is 0.261 e.